The van der Waals surface area contributed by atoms with E-state index in [4.69, 9.17) is 14.0 Å². The van der Waals surface area contributed by atoms with Crippen molar-refractivity contribution in [3.63, 3.8) is 0 Å². The Kier molecular flexibility index (Phi) is 6.35. The monoisotopic (exact) mass is 453 g/mol. The number of hydrogen-bond acceptors (Lipinski definition) is 5. The van der Waals surface area contributed by atoms with E-state index in [9.17, 15) is 4.79 Å². The quantitative estimate of drug-likeness (QED) is 0.680. The summed E-state index contributed by atoms with van der Waals surface area (Å²) in [5.41, 5.74) is 2.11. The van der Waals surface area contributed by atoms with Gasteiger partial charge in [-0.05, 0) is 64.4 Å². The molecule has 2 aromatic rings. The number of nitrogens with one attached hydrogen (secondary N) is 1. The van der Waals surface area contributed by atoms with Crippen molar-refractivity contribution in [1.29, 1.82) is 0 Å². The predicted octanol–water partition coefficient (Wildman–Crippen LogP) is 4.69. The molecule has 178 valence electrons. The first kappa shape index (κ1) is 23.8. The molecule has 2 saturated heterocycles. The molecule has 2 aliphatic rings. The molecule has 1 unspecified atom stereocenters. The van der Waals surface area contributed by atoms with Gasteiger partial charge in [-0.2, -0.15) is 0 Å². The van der Waals surface area contributed by atoms with Gasteiger partial charge >= 0.3 is 13.2 Å². The van der Waals surface area contributed by atoms with Gasteiger partial charge in [0.2, 0.25) is 0 Å². The second kappa shape index (κ2) is 8.80. The lowest BCUT2D eigenvalue weighted by Gasteiger charge is -2.28. The van der Waals surface area contributed by atoms with E-state index in [1.807, 2.05) is 39.1 Å². The molecule has 2 atom stereocenters. The fourth-order valence-electron chi connectivity index (χ4n) is 4.84. The Bertz CT molecular complexity index is 980. The molecule has 1 N–H and O–H groups in total. The van der Waals surface area contributed by atoms with Gasteiger partial charge in [0, 0.05) is 6.54 Å². The lowest BCUT2D eigenvalue weighted by atomic mass is 9.79. The van der Waals surface area contributed by atoms with Crippen molar-refractivity contribution in [2.75, 3.05) is 6.54 Å². The zero-order valence-corrected chi connectivity index (χ0v) is 20.8. The number of aromatic nitrogens is 2. The van der Waals surface area contributed by atoms with Crippen LogP contribution >= 0.6 is 0 Å². The zero-order chi connectivity index (χ0) is 24.0. The Morgan fingerprint density at radius 2 is 1.97 bits per heavy atom. The number of benzene rings is 1. The third-order valence-corrected chi connectivity index (χ3v) is 6.26. The number of ether oxygens (including phenoxy) is 1. The van der Waals surface area contributed by atoms with Crippen molar-refractivity contribution in [2.24, 2.45) is 5.92 Å². The number of amides is 1. The van der Waals surface area contributed by atoms with Gasteiger partial charge in [-0.15, -0.1) is 0 Å². The fraction of sp³-hybridized carbons (Fsp3) is 0.600. The third-order valence-electron chi connectivity index (χ3n) is 6.26. The predicted molar refractivity (Wildman–Crippen MR) is 129 cm³/mol. The summed E-state index contributed by atoms with van der Waals surface area (Å²) in [6, 6.07) is 8.09. The summed E-state index contributed by atoms with van der Waals surface area (Å²) in [5.74, 6) is 1.17. The molecule has 0 saturated carbocycles. The minimum absolute atomic E-state index is 0.0525. The molecule has 4 rings (SSSR count). The molecule has 0 spiro atoms. The summed E-state index contributed by atoms with van der Waals surface area (Å²) in [6.45, 7) is 14.8. The van der Waals surface area contributed by atoms with E-state index in [0.29, 0.717) is 12.5 Å². The summed E-state index contributed by atoms with van der Waals surface area (Å²) in [7, 11) is -0.361. The molecule has 1 aromatic heterocycles. The van der Waals surface area contributed by atoms with Crippen LogP contribution < -0.4 is 5.46 Å². The highest BCUT2D eigenvalue weighted by molar-refractivity contribution is 6.62. The number of aromatic amines is 1. The van der Waals surface area contributed by atoms with Crippen molar-refractivity contribution in [3.05, 3.63) is 36.3 Å². The van der Waals surface area contributed by atoms with Crippen molar-refractivity contribution >= 4 is 18.7 Å². The van der Waals surface area contributed by atoms with E-state index < -0.39 is 5.60 Å². The van der Waals surface area contributed by atoms with Crippen LogP contribution in [0.4, 0.5) is 4.79 Å². The van der Waals surface area contributed by atoms with Gasteiger partial charge in [-0.1, -0.05) is 38.1 Å². The maximum Gasteiger partial charge on any atom is 0.494 e. The number of H-pyrrole nitrogens is 1. The Balaban J connectivity index is 1.46. The molecule has 7 nitrogen and oxygen atoms in total. The maximum atomic E-state index is 12.6. The molecule has 1 aromatic carbocycles. The number of carbonyl (C=O) groups excluding carboxylic acids is 1. The van der Waals surface area contributed by atoms with Crippen LogP contribution in [0.1, 0.15) is 73.2 Å². The third kappa shape index (κ3) is 5.12. The summed E-state index contributed by atoms with van der Waals surface area (Å²) in [6.07, 6.45) is 3.40. The van der Waals surface area contributed by atoms with E-state index in [0.717, 1.165) is 35.4 Å². The van der Waals surface area contributed by atoms with Gasteiger partial charge in [0.25, 0.3) is 0 Å². The standard InChI is InChI=1S/C25H36BN3O4/c1-16(2)21-25(6,7)33-26(32-21)18-12-10-17(11-13-18)19-15-27-22(28-19)20-9-8-14-29(20)23(30)31-24(3,4)5/h10-13,15-16,20-21H,8-9,14H2,1-7H3,(H,27,28)/t20-,21?/m0/s1. The Hall–Kier alpha value is -2.32. The molecule has 1 amide bonds. The Labute approximate surface area is 197 Å². The molecule has 0 bridgehead atoms. The van der Waals surface area contributed by atoms with Crippen molar-refractivity contribution in [3.8, 4) is 11.3 Å². The lowest BCUT2D eigenvalue weighted by Crippen LogP contribution is -2.36. The van der Waals surface area contributed by atoms with E-state index in [2.05, 4.69) is 49.8 Å². The molecule has 8 heteroatoms. The van der Waals surface area contributed by atoms with Gasteiger partial charge in [0.1, 0.15) is 11.4 Å². The highest BCUT2D eigenvalue weighted by Gasteiger charge is 2.47. The van der Waals surface area contributed by atoms with Gasteiger partial charge in [0.05, 0.1) is 29.6 Å². The van der Waals surface area contributed by atoms with E-state index in [1.165, 1.54) is 0 Å². The lowest BCUT2D eigenvalue weighted by molar-refractivity contribution is 0.0218. The van der Waals surface area contributed by atoms with Crippen LogP contribution in [-0.2, 0) is 14.0 Å². The van der Waals surface area contributed by atoms with Crippen molar-refractivity contribution < 1.29 is 18.8 Å². The largest absolute Gasteiger partial charge is 0.494 e. The van der Waals surface area contributed by atoms with Crippen molar-refractivity contribution in [1.82, 2.24) is 14.9 Å². The molecule has 2 aliphatic heterocycles. The second-order valence-electron chi connectivity index (χ2n) is 11.0. The first-order valence-corrected chi connectivity index (χ1v) is 11.9. The topological polar surface area (TPSA) is 76.7 Å². The van der Waals surface area contributed by atoms with Crippen LogP contribution in [0.15, 0.2) is 30.5 Å². The van der Waals surface area contributed by atoms with Gasteiger partial charge < -0.3 is 19.0 Å². The number of carbonyl (C=O) groups is 1. The fourth-order valence-corrected chi connectivity index (χ4v) is 4.84. The van der Waals surface area contributed by atoms with Crippen LogP contribution in [0.3, 0.4) is 0 Å². The van der Waals surface area contributed by atoms with Gasteiger partial charge in [0.15, 0.2) is 0 Å². The number of likely N-dealkylation sites (tertiary alicyclic amines) is 1. The number of hydrogen-bond donors (Lipinski definition) is 1. The summed E-state index contributed by atoms with van der Waals surface area (Å²) in [5, 5.41) is 0. The average molecular weight is 453 g/mol. The maximum absolute atomic E-state index is 12.6. The summed E-state index contributed by atoms with van der Waals surface area (Å²) in [4.78, 5) is 22.4. The molecule has 0 radical (unpaired) electrons. The zero-order valence-electron chi connectivity index (χ0n) is 20.8. The van der Waals surface area contributed by atoms with Crippen LogP contribution in [0, 0.1) is 5.92 Å². The normalized spacial score (nSPS) is 22.9. The van der Waals surface area contributed by atoms with E-state index in [1.54, 1.807) is 4.90 Å². The van der Waals surface area contributed by atoms with Gasteiger partial charge in [-0.3, -0.25) is 4.90 Å². The second-order valence-corrected chi connectivity index (χ2v) is 11.0. The van der Waals surface area contributed by atoms with Gasteiger partial charge in [-0.25, -0.2) is 9.78 Å². The summed E-state index contributed by atoms with van der Waals surface area (Å²) < 4.78 is 18.0. The molecule has 0 aliphatic carbocycles. The first-order chi connectivity index (χ1) is 15.4. The molecule has 2 fully saturated rings. The van der Waals surface area contributed by atoms with Crippen LogP contribution in [0.25, 0.3) is 11.3 Å². The van der Waals surface area contributed by atoms with Crippen LogP contribution in [0.2, 0.25) is 0 Å². The minimum Gasteiger partial charge on any atom is -0.444 e. The van der Waals surface area contributed by atoms with Crippen LogP contribution in [-0.4, -0.2) is 51.9 Å². The number of rotatable bonds is 4. The highest BCUT2D eigenvalue weighted by Crippen LogP contribution is 2.34. The highest BCUT2D eigenvalue weighted by atomic mass is 16.7. The Morgan fingerprint density at radius 3 is 2.58 bits per heavy atom. The first-order valence-electron chi connectivity index (χ1n) is 11.9. The summed E-state index contributed by atoms with van der Waals surface area (Å²) >= 11 is 0. The van der Waals surface area contributed by atoms with Crippen molar-refractivity contribution in [2.45, 2.75) is 84.7 Å². The molecule has 33 heavy (non-hydrogen) atoms. The number of nitrogens with zero attached hydrogens (tertiary/aromatic N) is 2. The number of imidazole rings is 1. The molecular weight excluding hydrogens is 417 g/mol. The van der Waals surface area contributed by atoms with E-state index >= 15 is 0 Å². The van der Waals surface area contributed by atoms with Crippen LogP contribution in [0.5, 0.6) is 0 Å². The molecule has 3 heterocycles. The average Bonchev–Trinajstić information content (AvgIpc) is 3.44. The van der Waals surface area contributed by atoms with E-state index in [-0.39, 0.29) is 31.0 Å². The SMILES string of the molecule is CC(C)C1OB(c2ccc(-c3cnc([C@@H]4CCCN4C(=O)OC(C)(C)C)[nH]3)cc2)OC1(C)C. The Morgan fingerprint density at radius 1 is 1.27 bits per heavy atom. The smallest absolute Gasteiger partial charge is 0.444 e. The molecular formula is C25H36BN3O4. The minimum atomic E-state index is -0.516.